The number of carbonyl (C=O) groups is 2. The fourth-order valence-corrected chi connectivity index (χ4v) is 3.39. The van der Waals surface area contributed by atoms with Crippen molar-refractivity contribution in [3.8, 4) is 11.1 Å². The smallest absolute Gasteiger partial charge is 0.259 e. The van der Waals surface area contributed by atoms with Gasteiger partial charge in [-0.1, -0.05) is 45.9 Å². The number of hydrogen-bond donors (Lipinski definition) is 2. The average Bonchev–Trinajstić information content (AvgIpc) is 2.81. The maximum Gasteiger partial charge on any atom is 0.259 e. The zero-order valence-corrected chi connectivity index (χ0v) is 14.4. The Bertz CT molecular complexity index is 825. The van der Waals surface area contributed by atoms with E-state index in [0.29, 0.717) is 22.4 Å². The van der Waals surface area contributed by atoms with Crippen LogP contribution in [0.1, 0.15) is 71.4 Å². The van der Waals surface area contributed by atoms with Crippen LogP contribution < -0.4 is 11.1 Å². The van der Waals surface area contributed by atoms with Gasteiger partial charge < -0.3 is 5.73 Å². The van der Waals surface area contributed by atoms with E-state index in [2.05, 4.69) is 45.1 Å². The molecule has 24 heavy (non-hydrogen) atoms. The van der Waals surface area contributed by atoms with E-state index in [4.69, 9.17) is 5.73 Å². The van der Waals surface area contributed by atoms with E-state index in [9.17, 15) is 9.59 Å². The van der Waals surface area contributed by atoms with Crippen LogP contribution in [0.5, 0.6) is 0 Å². The van der Waals surface area contributed by atoms with Gasteiger partial charge in [0.2, 0.25) is 0 Å². The number of carbonyl (C=O) groups excluding carboxylic acids is 2. The summed E-state index contributed by atoms with van der Waals surface area (Å²) < 4.78 is 0. The van der Waals surface area contributed by atoms with Gasteiger partial charge in [-0.25, -0.2) is 0 Å². The van der Waals surface area contributed by atoms with Crippen molar-refractivity contribution in [2.24, 2.45) is 0 Å². The summed E-state index contributed by atoms with van der Waals surface area (Å²) in [6.07, 6.45) is 0. The third kappa shape index (κ3) is 2.39. The third-order valence-corrected chi connectivity index (χ3v) is 4.56. The number of fused-ring (bicyclic) bond motifs is 1. The summed E-state index contributed by atoms with van der Waals surface area (Å²) in [5, 5.41) is 2.38. The number of hydrogen-bond acceptors (Lipinski definition) is 3. The van der Waals surface area contributed by atoms with Crippen LogP contribution in [0, 0.1) is 0 Å². The van der Waals surface area contributed by atoms with Crippen molar-refractivity contribution in [3.05, 3.63) is 52.6 Å². The second-order valence-electron chi connectivity index (χ2n) is 6.86. The molecular formula is C20H22N2O2. The number of benzene rings is 2. The van der Waals surface area contributed by atoms with Gasteiger partial charge in [0.15, 0.2) is 0 Å². The number of imide groups is 1. The summed E-state index contributed by atoms with van der Waals surface area (Å²) in [6, 6.07) is 9.52. The number of nitrogens with one attached hydrogen (secondary N) is 1. The van der Waals surface area contributed by atoms with Gasteiger partial charge in [0.25, 0.3) is 11.8 Å². The van der Waals surface area contributed by atoms with Crippen LogP contribution in [-0.2, 0) is 0 Å². The molecule has 3 N–H and O–H groups in total. The molecule has 1 heterocycles. The molecule has 4 nitrogen and oxygen atoms in total. The summed E-state index contributed by atoms with van der Waals surface area (Å²) in [6.45, 7) is 8.47. The van der Waals surface area contributed by atoms with Crippen LogP contribution in [0.4, 0.5) is 5.69 Å². The molecule has 0 saturated heterocycles. The fourth-order valence-electron chi connectivity index (χ4n) is 3.39. The van der Waals surface area contributed by atoms with Crippen LogP contribution in [0.25, 0.3) is 11.1 Å². The molecular weight excluding hydrogens is 300 g/mol. The predicted molar refractivity (Wildman–Crippen MR) is 96.3 cm³/mol. The Balaban J connectivity index is 2.44. The van der Waals surface area contributed by atoms with E-state index in [1.54, 1.807) is 12.1 Å². The molecule has 0 radical (unpaired) electrons. The van der Waals surface area contributed by atoms with Gasteiger partial charge in [-0.2, -0.15) is 0 Å². The van der Waals surface area contributed by atoms with Gasteiger partial charge in [-0.15, -0.1) is 0 Å². The molecule has 1 aliphatic heterocycles. The highest BCUT2D eigenvalue weighted by atomic mass is 16.2. The van der Waals surface area contributed by atoms with Crippen LogP contribution in [0.2, 0.25) is 0 Å². The molecule has 0 bridgehead atoms. The summed E-state index contributed by atoms with van der Waals surface area (Å²) in [4.78, 5) is 24.4. The second-order valence-corrected chi connectivity index (χ2v) is 6.86. The second kappa shape index (κ2) is 5.78. The SMILES string of the molecule is CC(C)c1cccc(C(C)C)c1-c1c(N)ccc2c1C(=O)NC2=O. The Morgan fingerprint density at radius 3 is 1.92 bits per heavy atom. The largest absolute Gasteiger partial charge is 0.398 e. The monoisotopic (exact) mass is 322 g/mol. The zero-order valence-electron chi connectivity index (χ0n) is 14.4. The first-order valence-corrected chi connectivity index (χ1v) is 8.24. The minimum atomic E-state index is -0.370. The molecule has 0 saturated carbocycles. The van der Waals surface area contributed by atoms with Crippen molar-refractivity contribution in [3.63, 3.8) is 0 Å². The Morgan fingerprint density at radius 2 is 1.38 bits per heavy atom. The molecule has 2 amide bonds. The average molecular weight is 322 g/mol. The number of nitrogen functional groups attached to an aromatic ring is 1. The summed E-state index contributed by atoms with van der Waals surface area (Å²) in [7, 11) is 0. The van der Waals surface area contributed by atoms with E-state index < -0.39 is 0 Å². The van der Waals surface area contributed by atoms with Gasteiger partial charge in [-0.05, 0) is 40.7 Å². The minimum absolute atomic E-state index is 0.272. The Labute approximate surface area is 142 Å². The molecule has 124 valence electrons. The van der Waals surface area contributed by atoms with Crippen molar-refractivity contribution in [2.45, 2.75) is 39.5 Å². The summed E-state index contributed by atoms with van der Waals surface area (Å²) in [5.41, 5.74) is 11.5. The molecule has 0 atom stereocenters. The van der Waals surface area contributed by atoms with E-state index in [1.165, 1.54) is 0 Å². The minimum Gasteiger partial charge on any atom is -0.398 e. The highest BCUT2D eigenvalue weighted by Gasteiger charge is 2.32. The van der Waals surface area contributed by atoms with Crippen molar-refractivity contribution in [1.82, 2.24) is 5.32 Å². The molecule has 3 rings (SSSR count). The first-order chi connectivity index (χ1) is 11.3. The Kier molecular flexibility index (Phi) is 3.91. The van der Waals surface area contributed by atoms with E-state index in [-0.39, 0.29) is 23.7 Å². The number of rotatable bonds is 3. The van der Waals surface area contributed by atoms with E-state index in [1.807, 2.05) is 6.07 Å². The molecule has 2 aromatic carbocycles. The van der Waals surface area contributed by atoms with Gasteiger partial charge in [0.1, 0.15) is 0 Å². The van der Waals surface area contributed by atoms with Gasteiger partial charge in [0, 0.05) is 11.3 Å². The first kappa shape index (κ1) is 16.2. The van der Waals surface area contributed by atoms with Crippen molar-refractivity contribution in [2.75, 3.05) is 5.73 Å². The summed E-state index contributed by atoms with van der Waals surface area (Å²) >= 11 is 0. The maximum atomic E-state index is 12.4. The number of nitrogens with two attached hydrogens (primary N) is 1. The number of amides is 2. The Hall–Kier alpha value is -2.62. The van der Waals surface area contributed by atoms with Gasteiger partial charge in [0.05, 0.1) is 11.1 Å². The van der Waals surface area contributed by atoms with Crippen LogP contribution >= 0.6 is 0 Å². The van der Waals surface area contributed by atoms with Crippen LogP contribution in [0.3, 0.4) is 0 Å². The highest BCUT2D eigenvalue weighted by molar-refractivity contribution is 6.25. The lowest BCUT2D eigenvalue weighted by molar-refractivity contribution is 0.0880. The standard InChI is InChI=1S/C20H22N2O2/c1-10(2)12-6-5-7-13(11(3)4)16(12)18-15(21)9-8-14-17(18)20(24)22-19(14)23/h5-11H,21H2,1-4H3,(H,22,23,24). The van der Waals surface area contributed by atoms with Crippen LogP contribution in [-0.4, -0.2) is 11.8 Å². The van der Waals surface area contributed by atoms with Crippen LogP contribution in [0.15, 0.2) is 30.3 Å². The van der Waals surface area contributed by atoms with Gasteiger partial charge >= 0.3 is 0 Å². The molecule has 0 unspecified atom stereocenters. The first-order valence-electron chi connectivity index (χ1n) is 8.24. The molecule has 0 fully saturated rings. The molecule has 0 aromatic heterocycles. The lowest BCUT2D eigenvalue weighted by atomic mass is 9.82. The lowest BCUT2D eigenvalue weighted by Gasteiger charge is -2.22. The molecule has 2 aromatic rings. The predicted octanol–water partition coefficient (Wildman–Crippen LogP) is 4.07. The molecule has 4 heteroatoms. The summed E-state index contributed by atoms with van der Waals surface area (Å²) in [5.74, 6) is -0.182. The lowest BCUT2D eigenvalue weighted by Crippen LogP contribution is -2.20. The quantitative estimate of drug-likeness (QED) is 0.661. The van der Waals surface area contributed by atoms with Gasteiger partial charge in [-0.3, -0.25) is 14.9 Å². The Morgan fingerprint density at radius 1 is 0.792 bits per heavy atom. The third-order valence-electron chi connectivity index (χ3n) is 4.56. The zero-order chi connectivity index (χ0) is 17.6. The number of anilines is 1. The van der Waals surface area contributed by atoms with E-state index in [0.717, 1.165) is 16.7 Å². The maximum absolute atomic E-state index is 12.4. The molecule has 1 aliphatic rings. The topological polar surface area (TPSA) is 72.2 Å². The van der Waals surface area contributed by atoms with Crippen molar-refractivity contribution < 1.29 is 9.59 Å². The van der Waals surface area contributed by atoms with Crippen molar-refractivity contribution >= 4 is 17.5 Å². The molecule has 0 aliphatic carbocycles. The molecule has 0 spiro atoms. The van der Waals surface area contributed by atoms with E-state index >= 15 is 0 Å². The van der Waals surface area contributed by atoms with Crippen molar-refractivity contribution in [1.29, 1.82) is 0 Å². The fraction of sp³-hybridized carbons (Fsp3) is 0.300. The highest BCUT2D eigenvalue weighted by Crippen LogP contribution is 2.42. The normalized spacial score (nSPS) is 13.6.